The average Bonchev–Trinajstić information content (AvgIpc) is 2.46. The Labute approximate surface area is 115 Å². The second-order valence-corrected chi connectivity index (χ2v) is 4.17. The molecule has 0 saturated carbocycles. The minimum Gasteiger partial charge on any atom is -0.465 e. The van der Waals surface area contributed by atoms with Crippen molar-refractivity contribution in [1.82, 2.24) is 4.98 Å². The number of hydrogen-bond donors (Lipinski definition) is 0. The second kappa shape index (κ2) is 5.48. The van der Waals surface area contributed by atoms with Gasteiger partial charge >= 0.3 is 5.97 Å². The van der Waals surface area contributed by atoms with Crippen molar-refractivity contribution >= 4 is 11.7 Å². The van der Waals surface area contributed by atoms with E-state index in [1.165, 1.54) is 25.3 Å². The van der Waals surface area contributed by atoms with Crippen molar-refractivity contribution in [1.29, 1.82) is 0 Å². The van der Waals surface area contributed by atoms with Crippen molar-refractivity contribution in [3.63, 3.8) is 0 Å². The van der Waals surface area contributed by atoms with E-state index >= 15 is 0 Å². The van der Waals surface area contributed by atoms with E-state index in [4.69, 9.17) is 0 Å². The second-order valence-electron chi connectivity index (χ2n) is 4.17. The first-order valence-electron chi connectivity index (χ1n) is 5.82. The Hall–Kier alpha value is -2.76. The third-order valence-corrected chi connectivity index (χ3v) is 2.94. The maximum absolute atomic E-state index is 11.4. The van der Waals surface area contributed by atoms with E-state index in [1.807, 2.05) is 6.92 Å². The van der Waals surface area contributed by atoms with E-state index in [-0.39, 0.29) is 11.3 Å². The molecule has 0 fully saturated rings. The summed E-state index contributed by atoms with van der Waals surface area (Å²) in [7, 11) is 1.23. The Balaban J connectivity index is 2.63. The summed E-state index contributed by atoms with van der Waals surface area (Å²) in [5.41, 5.74) is 1.95. The van der Waals surface area contributed by atoms with Crippen LogP contribution in [0.5, 0.6) is 0 Å². The zero-order valence-corrected chi connectivity index (χ0v) is 11.0. The molecule has 1 aromatic carbocycles. The number of ether oxygens (including phenoxy) is 1. The van der Waals surface area contributed by atoms with Crippen LogP contribution in [-0.2, 0) is 4.74 Å². The molecule has 102 valence electrons. The largest absolute Gasteiger partial charge is 0.465 e. The van der Waals surface area contributed by atoms with Crippen LogP contribution in [0.25, 0.3) is 11.1 Å². The highest BCUT2D eigenvalue weighted by Gasteiger charge is 2.20. The fraction of sp³-hybridized carbons (Fsp3) is 0.143. The van der Waals surface area contributed by atoms with Gasteiger partial charge in [0.2, 0.25) is 0 Å². The van der Waals surface area contributed by atoms with Crippen LogP contribution < -0.4 is 0 Å². The number of methoxy groups -OCH3 is 1. The maximum atomic E-state index is 11.4. The molecular formula is C14H12N2O4. The first-order chi connectivity index (χ1) is 9.54. The lowest BCUT2D eigenvalue weighted by Crippen LogP contribution is -2.03. The van der Waals surface area contributed by atoms with Crippen LogP contribution in [0.15, 0.2) is 36.7 Å². The van der Waals surface area contributed by atoms with E-state index in [1.54, 1.807) is 18.5 Å². The highest BCUT2D eigenvalue weighted by Crippen LogP contribution is 2.32. The minimum absolute atomic E-state index is 0.143. The van der Waals surface area contributed by atoms with Crippen molar-refractivity contribution in [2.75, 3.05) is 7.11 Å². The van der Waals surface area contributed by atoms with E-state index in [9.17, 15) is 14.9 Å². The molecule has 6 heteroatoms. The van der Waals surface area contributed by atoms with Crippen molar-refractivity contribution in [3.05, 3.63) is 57.9 Å². The molecule has 20 heavy (non-hydrogen) atoms. The molecule has 0 spiro atoms. The number of nitro benzene ring substituents is 1. The Bertz CT molecular complexity index is 683. The van der Waals surface area contributed by atoms with E-state index in [0.29, 0.717) is 11.1 Å². The molecule has 0 aliphatic heterocycles. The van der Waals surface area contributed by atoms with Crippen LogP contribution in [0.1, 0.15) is 15.9 Å². The SMILES string of the molecule is COC(=O)c1ccc(-c2cnccc2C)c([N+](=O)[O-])c1. The summed E-state index contributed by atoms with van der Waals surface area (Å²) in [4.78, 5) is 26.1. The van der Waals surface area contributed by atoms with Gasteiger partial charge in [-0.1, -0.05) is 0 Å². The van der Waals surface area contributed by atoms with Crippen LogP contribution in [0.2, 0.25) is 0 Å². The normalized spacial score (nSPS) is 10.1. The van der Waals surface area contributed by atoms with Gasteiger partial charge in [0.15, 0.2) is 0 Å². The monoisotopic (exact) mass is 272 g/mol. The predicted octanol–water partition coefficient (Wildman–Crippen LogP) is 2.75. The predicted molar refractivity (Wildman–Crippen MR) is 72.4 cm³/mol. The fourth-order valence-corrected chi connectivity index (χ4v) is 1.90. The van der Waals surface area contributed by atoms with Crippen LogP contribution >= 0.6 is 0 Å². The summed E-state index contributed by atoms with van der Waals surface area (Å²) in [5.74, 6) is -0.609. The molecule has 0 bridgehead atoms. The van der Waals surface area contributed by atoms with Gasteiger partial charge in [0, 0.05) is 24.0 Å². The molecule has 2 rings (SSSR count). The number of pyridine rings is 1. The zero-order chi connectivity index (χ0) is 14.7. The Morgan fingerprint density at radius 1 is 1.30 bits per heavy atom. The van der Waals surface area contributed by atoms with Crippen LogP contribution in [0, 0.1) is 17.0 Å². The summed E-state index contributed by atoms with van der Waals surface area (Å²) in [5, 5.41) is 11.2. The van der Waals surface area contributed by atoms with E-state index < -0.39 is 10.9 Å². The van der Waals surface area contributed by atoms with Gasteiger partial charge in [-0.25, -0.2) is 4.79 Å². The van der Waals surface area contributed by atoms with Gasteiger partial charge in [0.25, 0.3) is 5.69 Å². The lowest BCUT2D eigenvalue weighted by molar-refractivity contribution is -0.384. The number of nitrogens with zero attached hydrogens (tertiary/aromatic N) is 2. The number of rotatable bonds is 3. The van der Waals surface area contributed by atoms with Crippen molar-refractivity contribution < 1.29 is 14.5 Å². The molecule has 0 unspecified atom stereocenters. The van der Waals surface area contributed by atoms with Crippen LogP contribution in [0.4, 0.5) is 5.69 Å². The van der Waals surface area contributed by atoms with E-state index in [2.05, 4.69) is 9.72 Å². The lowest BCUT2D eigenvalue weighted by Gasteiger charge is -2.07. The highest BCUT2D eigenvalue weighted by atomic mass is 16.6. The van der Waals surface area contributed by atoms with Crippen molar-refractivity contribution in [2.45, 2.75) is 6.92 Å². The Morgan fingerprint density at radius 3 is 2.65 bits per heavy atom. The van der Waals surface area contributed by atoms with E-state index in [0.717, 1.165) is 5.56 Å². The molecular weight excluding hydrogens is 260 g/mol. The van der Waals surface area contributed by atoms with Crippen molar-refractivity contribution in [2.24, 2.45) is 0 Å². The Kier molecular flexibility index (Phi) is 3.74. The summed E-state index contributed by atoms with van der Waals surface area (Å²) < 4.78 is 4.57. The van der Waals surface area contributed by atoms with Crippen molar-refractivity contribution in [3.8, 4) is 11.1 Å². The summed E-state index contributed by atoms with van der Waals surface area (Å²) in [6, 6.07) is 6.02. The number of hydrogen-bond acceptors (Lipinski definition) is 5. The molecule has 1 aromatic heterocycles. The molecule has 0 amide bonds. The quantitative estimate of drug-likeness (QED) is 0.487. The highest BCUT2D eigenvalue weighted by molar-refractivity contribution is 5.92. The van der Waals surface area contributed by atoms with Gasteiger partial charge in [0.05, 0.1) is 23.2 Å². The zero-order valence-electron chi connectivity index (χ0n) is 11.0. The van der Waals surface area contributed by atoms with Gasteiger partial charge < -0.3 is 4.74 Å². The first kappa shape index (κ1) is 13.7. The van der Waals surface area contributed by atoms with Gasteiger partial charge in [-0.05, 0) is 30.7 Å². The van der Waals surface area contributed by atoms with Crippen LogP contribution in [0.3, 0.4) is 0 Å². The molecule has 0 atom stereocenters. The number of nitro groups is 1. The smallest absolute Gasteiger partial charge is 0.338 e. The number of carbonyl (C=O) groups is 1. The lowest BCUT2D eigenvalue weighted by atomic mass is 9.99. The summed E-state index contributed by atoms with van der Waals surface area (Å²) >= 11 is 0. The molecule has 0 aliphatic rings. The average molecular weight is 272 g/mol. The molecule has 1 heterocycles. The number of benzene rings is 1. The summed E-state index contributed by atoms with van der Waals surface area (Å²) in [6.07, 6.45) is 3.18. The summed E-state index contributed by atoms with van der Waals surface area (Å²) in [6.45, 7) is 1.84. The molecule has 0 saturated heterocycles. The standard InChI is InChI=1S/C14H12N2O4/c1-9-5-6-15-8-12(9)11-4-3-10(14(17)20-2)7-13(11)16(18)19/h3-8H,1-2H3. The first-order valence-corrected chi connectivity index (χ1v) is 5.82. The Morgan fingerprint density at radius 2 is 2.05 bits per heavy atom. The number of aromatic nitrogens is 1. The number of carbonyl (C=O) groups excluding carboxylic acids is 1. The minimum atomic E-state index is -0.609. The molecule has 0 N–H and O–H groups in total. The number of esters is 1. The van der Waals surface area contributed by atoms with Gasteiger partial charge in [-0.2, -0.15) is 0 Å². The van der Waals surface area contributed by atoms with Gasteiger partial charge in [-0.3, -0.25) is 15.1 Å². The maximum Gasteiger partial charge on any atom is 0.338 e. The topological polar surface area (TPSA) is 82.3 Å². The van der Waals surface area contributed by atoms with Gasteiger partial charge in [-0.15, -0.1) is 0 Å². The molecule has 0 aliphatic carbocycles. The van der Waals surface area contributed by atoms with Gasteiger partial charge in [0.1, 0.15) is 0 Å². The number of aryl methyl sites for hydroxylation is 1. The molecule has 2 aromatic rings. The third kappa shape index (κ3) is 2.49. The molecule has 6 nitrogen and oxygen atoms in total. The fourth-order valence-electron chi connectivity index (χ4n) is 1.90. The third-order valence-electron chi connectivity index (χ3n) is 2.94. The molecule has 0 radical (unpaired) electrons. The van der Waals surface area contributed by atoms with Crippen LogP contribution in [-0.4, -0.2) is 23.0 Å².